The molecule has 1 unspecified atom stereocenters. The Kier molecular flexibility index (Phi) is 3.66. The van der Waals surface area contributed by atoms with Crippen molar-refractivity contribution in [1.29, 1.82) is 0 Å². The van der Waals surface area contributed by atoms with E-state index in [2.05, 4.69) is 27.1 Å². The van der Waals surface area contributed by atoms with Crippen LogP contribution in [0, 0.1) is 5.92 Å². The van der Waals surface area contributed by atoms with Crippen molar-refractivity contribution < 1.29 is 0 Å². The van der Waals surface area contributed by atoms with E-state index in [1.54, 1.807) is 0 Å². The van der Waals surface area contributed by atoms with Crippen LogP contribution in [0.15, 0.2) is 6.33 Å². The van der Waals surface area contributed by atoms with Crippen LogP contribution < -0.4 is 5.32 Å². The van der Waals surface area contributed by atoms with Crippen molar-refractivity contribution in [3.8, 4) is 0 Å². The molecule has 0 aromatic carbocycles. The Balaban J connectivity index is 1.50. The van der Waals surface area contributed by atoms with E-state index in [1.165, 1.54) is 50.3 Å². The molecule has 0 radical (unpaired) electrons. The molecule has 100 valence electrons. The molecule has 1 aromatic heterocycles. The summed E-state index contributed by atoms with van der Waals surface area (Å²) in [6.45, 7) is 7.02. The number of hydrogen-bond donors (Lipinski definition) is 2. The van der Waals surface area contributed by atoms with E-state index >= 15 is 0 Å². The summed E-state index contributed by atoms with van der Waals surface area (Å²) in [5.74, 6) is 0.971. The molecule has 18 heavy (non-hydrogen) atoms. The van der Waals surface area contributed by atoms with Gasteiger partial charge in [-0.05, 0) is 31.8 Å². The third-order valence-corrected chi connectivity index (χ3v) is 4.58. The first-order valence-corrected chi connectivity index (χ1v) is 7.32. The Morgan fingerprint density at radius 3 is 3.00 bits per heavy atom. The second-order valence-corrected chi connectivity index (χ2v) is 5.76. The monoisotopic (exact) mass is 248 g/mol. The third-order valence-electron chi connectivity index (χ3n) is 4.58. The summed E-state index contributed by atoms with van der Waals surface area (Å²) in [4.78, 5) is 10.2. The second-order valence-electron chi connectivity index (χ2n) is 5.76. The molecule has 4 heteroatoms. The maximum absolute atomic E-state index is 4.41. The van der Waals surface area contributed by atoms with Crippen LogP contribution in [0.4, 0.5) is 0 Å². The molecule has 3 rings (SSSR count). The van der Waals surface area contributed by atoms with Crippen molar-refractivity contribution in [2.24, 2.45) is 5.92 Å². The zero-order valence-corrected chi connectivity index (χ0v) is 11.3. The molecular formula is C14H24N4. The van der Waals surface area contributed by atoms with Crippen LogP contribution in [0.25, 0.3) is 0 Å². The lowest BCUT2D eigenvalue weighted by Crippen LogP contribution is -2.47. The van der Waals surface area contributed by atoms with E-state index in [0.717, 1.165) is 18.9 Å². The number of aromatic amines is 1. The zero-order chi connectivity index (χ0) is 12.4. The number of nitrogens with zero attached hydrogens (tertiary/aromatic N) is 2. The number of nitrogens with one attached hydrogen (secondary N) is 2. The van der Waals surface area contributed by atoms with Crippen LogP contribution in [0.5, 0.6) is 0 Å². The van der Waals surface area contributed by atoms with Gasteiger partial charge in [-0.15, -0.1) is 0 Å². The highest BCUT2D eigenvalue weighted by molar-refractivity contribution is 5.16. The highest BCUT2D eigenvalue weighted by atomic mass is 15.2. The van der Waals surface area contributed by atoms with Gasteiger partial charge in [0.25, 0.3) is 0 Å². The van der Waals surface area contributed by atoms with Crippen molar-refractivity contribution in [1.82, 2.24) is 20.2 Å². The lowest BCUT2D eigenvalue weighted by Gasteiger charge is -2.35. The van der Waals surface area contributed by atoms with Crippen molar-refractivity contribution in [2.45, 2.75) is 45.2 Å². The Morgan fingerprint density at radius 1 is 1.39 bits per heavy atom. The number of fused-ring (bicyclic) bond motifs is 1. The van der Waals surface area contributed by atoms with Gasteiger partial charge in [-0.3, -0.25) is 0 Å². The summed E-state index contributed by atoms with van der Waals surface area (Å²) in [6.07, 6.45) is 7.02. The van der Waals surface area contributed by atoms with Crippen LogP contribution in [0.1, 0.15) is 37.6 Å². The SMILES string of the molecule is CCC1CCN(CC2Cc3nc[nH]c3CN2)CC1. The molecule has 0 amide bonds. The smallest absolute Gasteiger partial charge is 0.0925 e. The van der Waals surface area contributed by atoms with Crippen molar-refractivity contribution in [2.75, 3.05) is 19.6 Å². The summed E-state index contributed by atoms with van der Waals surface area (Å²) < 4.78 is 0. The molecule has 0 aliphatic carbocycles. The van der Waals surface area contributed by atoms with E-state index in [0.29, 0.717) is 6.04 Å². The molecule has 0 saturated carbocycles. The van der Waals surface area contributed by atoms with Gasteiger partial charge in [0.2, 0.25) is 0 Å². The van der Waals surface area contributed by atoms with Crippen LogP contribution in [-0.4, -0.2) is 40.5 Å². The van der Waals surface area contributed by atoms with Gasteiger partial charge >= 0.3 is 0 Å². The largest absolute Gasteiger partial charge is 0.347 e. The van der Waals surface area contributed by atoms with E-state index < -0.39 is 0 Å². The highest BCUT2D eigenvalue weighted by Gasteiger charge is 2.24. The maximum atomic E-state index is 4.41. The van der Waals surface area contributed by atoms with Gasteiger partial charge in [0, 0.05) is 25.6 Å². The van der Waals surface area contributed by atoms with Crippen molar-refractivity contribution >= 4 is 0 Å². The molecule has 0 spiro atoms. The number of H-pyrrole nitrogens is 1. The molecule has 2 N–H and O–H groups in total. The van der Waals surface area contributed by atoms with Gasteiger partial charge in [-0.25, -0.2) is 4.98 Å². The predicted octanol–water partition coefficient (Wildman–Crippen LogP) is 1.55. The van der Waals surface area contributed by atoms with Crippen LogP contribution in [0.3, 0.4) is 0 Å². The molecule has 0 bridgehead atoms. The van der Waals surface area contributed by atoms with E-state index in [-0.39, 0.29) is 0 Å². The number of rotatable bonds is 3. The first-order valence-electron chi connectivity index (χ1n) is 7.32. The van der Waals surface area contributed by atoms with Crippen LogP contribution >= 0.6 is 0 Å². The number of piperidine rings is 1. The quantitative estimate of drug-likeness (QED) is 0.853. The fourth-order valence-electron chi connectivity index (χ4n) is 3.25. The molecule has 1 fully saturated rings. The number of likely N-dealkylation sites (tertiary alicyclic amines) is 1. The summed E-state index contributed by atoms with van der Waals surface area (Å²) in [5, 5.41) is 3.62. The third kappa shape index (κ3) is 2.59. The number of hydrogen-bond acceptors (Lipinski definition) is 3. The van der Waals surface area contributed by atoms with Gasteiger partial charge in [0.05, 0.1) is 17.7 Å². The van der Waals surface area contributed by atoms with Crippen molar-refractivity contribution in [3.63, 3.8) is 0 Å². The Morgan fingerprint density at radius 2 is 2.22 bits per heavy atom. The zero-order valence-electron chi connectivity index (χ0n) is 11.3. The summed E-state index contributed by atoms with van der Waals surface area (Å²) in [5.41, 5.74) is 2.54. The van der Waals surface area contributed by atoms with Crippen LogP contribution in [-0.2, 0) is 13.0 Å². The minimum absolute atomic E-state index is 0.582. The van der Waals surface area contributed by atoms with E-state index in [9.17, 15) is 0 Å². The number of imidazole rings is 1. The topological polar surface area (TPSA) is 44.0 Å². The normalized spacial score (nSPS) is 26.2. The summed E-state index contributed by atoms with van der Waals surface area (Å²) >= 11 is 0. The van der Waals surface area contributed by atoms with Gasteiger partial charge in [-0.1, -0.05) is 13.3 Å². The van der Waals surface area contributed by atoms with Crippen LogP contribution in [0.2, 0.25) is 0 Å². The highest BCUT2D eigenvalue weighted by Crippen LogP contribution is 2.21. The fourth-order valence-corrected chi connectivity index (χ4v) is 3.25. The summed E-state index contributed by atoms with van der Waals surface area (Å²) in [7, 11) is 0. The number of aromatic nitrogens is 2. The van der Waals surface area contributed by atoms with Gasteiger partial charge in [0.1, 0.15) is 0 Å². The molecule has 1 aromatic rings. The molecule has 2 aliphatic rings. The first-order chi connectivity index (χ1) is 8.85. The van der Waals surface area contributed by atoms with Gasteiger partial charge in [0.15, 0.2) is 0 Å². The van der Waals surface area contributed by atoms with Gasteiger partial charge in [-0.2, -0.15) is 0 Å². The Hall–Kier alpha value is -0.870. The lowest BCUT2D eigenvalue weighted by molar-refractivity contribution is 0.163. The predicted molar refractivity (Wildman–Crippen MR) is 72.4 cm³/mol. The lowest BCUT2D eigenvalue weighted by atomic mass is 9.94. The van der Waals surface area contributed by atoms with E-state index in [1.807, 2.05) is 6.33 Å². The summed E-state index contributed by atoms with van der Waals surface area (Å²) in [6, 6.07) is 0.582. The van der Waals surface area contributed by atoms with Crippen molar-refractivity contribution in [3.05, 3.63) is 17.7 Å². The minimum Gasteiger partial charge on any atom is -0.347 e. The standard InChI is InChI=1S/C14H24N4/c1-2-11-3-5-18(6-4-11)9-12-7-13-14(8-15-12)17-10-16-13/h10-12,15H,2-9H2,1H3,(H,16,17). The minimum atomic E-state index is 0.582. The molecule has 2 aliphatic heterocycles. The van der Waals surface area contributed by atoms with Gasteiger partial charge < -0.3 is 15.2 Å². The average molecular weight is 248 g/mol. The average Bonchev–Trinajstić information content (AvgIpc) is 2.87. The maximum Gasteiger partial charge on any atom is 0.0925 e. The molecule has 4 nitrogen and oxygen atoms in total. The first kappa shape index (κ1) is 12.2. The molecule has 1 saturated heterocycles. The molecule has 1 atom stereocenters. The Bertz CT molecular complexity index is 379. The molecule has 3 heterocycles. The molecular weight excluding hydrogens is 224 g/mol. The second kappa shape index (κ2) is 5.41. The van der Waals surface area contributed by atoms with E-state index in [4.69, 9.17) is 0 Å². The Labute approximate surface area is 109 Å². The fraction of sp³-hybridized carbons (Fsp3) is 0.786.